The van der Waals surface area contributed by atoms with Crippen LogP contribution in [-0.4, -0.2) is 29.3 Å². The summed E-state index contributed by atoms with van der Waals surface area (Å²) in [6, 6.07) is 12.4. The maximum atomic E-state index is 12.5. The van der Waals surface area contributed by atoms with Gasteiger partial charge in [-0.05, 0) is 36.4 Å². The summed E-state index contributed by atoms with van der Waals surface area (Å²) in [7, 11) is 0. The molecule has 1 amide bonds. The number of benzene rings is 2. The average Bonchev–Trinajstić information content (AvgIpc) is 3.34. The maximum absolute atomic E-state index is 12.5. The molecule has 0 atom stereocenters. The Morgan fingerprint density at radius 1 is 1.07 bits per heavy atom. The Hall–Kier alpha value is -3.10. The number of carbonyl (C=O) groups is 1. The number of rotatable bonds is 3. The topological polar surface area (TPSA) is 86.5 Å². The van der Waals surface area contributed by atoms with E-state index in [1.807, 2.05) is 6.07 Å². The molecule has 1 N–H and O–H groups in total. The lowest BCUT2D eigenvalue weighted by atomic mass is 10.1. The number of carbonyl (C=O) groups excluding carboxylic acids is 1. The van der Waals surface area contributed by atoms with Crippen molar-refractivity contribution in [2.24, 2.45) is 0 Å². The molecule has 3 heterocycles. The predicted molar refractivity (Wildman–Crippen MR) is 106 cm³/mol. The number of hydrogen-bond donors (Lipinski definition) is 1. The fraction of sp³-hybridized carbons (Fsp3) is 0.105. The molecule has 0 fully saturated rings. The van der Waals surface area contributed by atoms with Crippen LogP contribution in [-0.2, 0) is 0 Å². The Kier molecular flexibility index (Phi) is 4.14. The lowest BCUT2D eigenvalue weighted by Gasteiger charge is -2.18. The minimum Gasteiger partial charge on any atom is -0.486 e. The highest BCUT2D eigenvalue weighted by molar-refractivity contribution is 7.22. The molecule has 1 aliphatic heterocycles. The Labute approximate surface area is 167 Å². The molecule has 0 saturated carbocycles. The normalized spacial score (nSPS) is 12.9. The quantitative estimate of drug-likeness (QED) is 0.527. The van der Waals surface area contributed by atoms with Crippen LogP contribution in [0.2, 0.25) is 5.02 Å². The Bertz CT molecular complexity index is 1200. The molecule has 4 aromatic rings. The third-order valence-corrected chi connectivity index (χ3v) is 5.31. The molecule has 0 saturated heterocycles. The zero-order chi connectivity index (χ0) is 19.1. The lowest BCUT2D eigenvalue weighted by Crippen LogP contribution is -2.15. The fourth-order valence-electron chi connectivity index (χ4n) is 2.83. The molecule has 9 heteroatoms. The lowest BCUT2D eigenvalue weighted by molar-refractivity contribution is 0.101. The van der Waals surface area contributed by atoms with Crippen LogP contribution >= 0.6 is 22.9 Å². The maximum Gasteiger partial charge on any atom is 0.279 e. The van der Waals surface area contributed by atoms with Crippen molar-refractivity contribution in [2.45, 2.75) is 0 Å². The molecular formula is C19H12ClN3O4S. The van der Waals surface area contributed by atoms with E-state index in [9.17, 15) is 4.79 Å². The summed E-state index contributed by atoms with van der Waals surface area (Å²) in [6.45, 7) is 1.02. The zero-order valence-corrected chi connectivity index (χ0v) is 15.8. The highest BCUT2D eigenvalue weighted by Gasteiger charge is 2.18. The van der Waals surface area contributed by atoms with Crippen LogP contribution in [0.1, 0.15) is 10.5 Å². The van der Waals surface area contributed by atoms with Gasteiger partial charge < -0.3 is 14.0 Å². The molecule has 0 spiro atoms. The van der Waals surface area contributed by atoms with E-state index in [4.69, 9.17) is 25.6 Å². The monoisotopic (exact) mass is 413 g/mol. The van der Waals surface area contributed by atoms with Gasteiger partial charge in [0.15, 0.2) is 28.1 Å². The molecule has 2 aromatic carbocycles. The molecule has 1 aliphatic rings. The summed E-state index contributed by atoms with van der Waals surface area (Å²) in [5, 5.41) is 7.69. The number of fused-ring (bicyclic) bond motifs is 2. The number of halogens is 1. The van der Waals surface area contributed by atoms with Gasteiger partial charge in [-0.2, -0.15) is 0 Å². The van der Waals surface area contributed by atoms with E-state index in [2.05, 4.69) is 15.5 Å². The molecule has 28 heavy (non-hydrogen) atoms. The highest BCUT2D eigenvalue weighted by Crippen LogP contribution is 2.35. The van der Waals surface area contributed by atoms with Gasteiger partial charge in [0.1, 0.15) is 13.2 Å². The van der Waals surface area contributed by atoms with Crippen molar-refractivity contribution in [3.05, 3.63) is 53.2 Å². The second-order valence-corrected chi connectivity index (χ2v) is 7.49. The largest absolute Gasteiger partial charge is 0.486 e. The van der Waals surface area contributed by atoms with Crippen LogP contribution in [0.15, 0.2) is 47.0 Å². The first-order valence-corrected chi connectivity index (χ1v) is 9.59. The summed E-state index contributed by atoms with van der Waals surface area (Å²) in [6.07, 6.45) is 0. The summed E-state index contributed by atoms with van der Waals surface area (Å²) in [5.41, 5.74) is 1.66. The van der Waals surface area contributed by atoms with Gasteiger partial charge >= 0.3 is 0 Å². The first kappa shape index (κ1) is 17.0. The fourth-order valence-corrected chi connectivity index (χ4v) is 3.96. The van der Waals surface area contributed by atoms with Crippen LogP contribution in [0.3, 0.4) is 0 Å². The molecule has 0 bridgehead atoms. The number of anilines is 1. The number of amides is 1. The van der Waals surface area contributed by atoms with Crippen molar-refractivity contribution >= 4 is 44.2 Å². The molecule has 7 nitrogen and oxygen atoms in total. The van der Waals surface area contributed by atoms with Gasteiger partial charge in [-0.1, -0.05) is 28.1 Å². The average molecular weight is 414 g/mol. The Morgan fingerprint density at radius 3 is 2.82 bits per heavy atom. The van der Waals surface area contributed by atoms with Crippen LogP contribution in [0.5, 0.6) is 11.5 Å². The van der Waals surface area contributed by atoms with Gasteiger partial charge in [0.2, 0.25) is 0 Å². The van der Waals surface area contributed by atoms with Crippen LogP contribution in [0, 0.1) is 0 Å². The van der Waals surface area contributed by atoms with Gasteiger partial charge in [-0.3, -0.25) is 10.1 Å². The second-order valence-electron chi connectivity index (χ2n) is 6.02. The number of nitrogens with one attached hydrogen (secondary N) is 1. The molecule has 5 rings (SSSR count). The van der Waals surface area contributed by atoms with Gasteiger partial charge in [0, 0.05) is 16.7 Å². The van der Waals surface area contributed by atoms with E-state index in [1.54, 1.807) is 36.4 Å². The van der Waals surface area contributed by atoms with E-state index in [1.165, 1.54) is 11.3 Å². The van der Waals surface area contributed by atoms with E-state index >= 15 is 0 Å². The molecule has 0 radical (unpaired) electrons. The second kappa shape index (κ2) is 6.81. The van der Waals surface area contributed by atoms with Crippen LogP contribution in [0.4, 0.5) is 5.13 Å². The van der Waals surface area contributed by atoms with Crippen molar-refractivity contribution in [1.82, 2.24) is 10.1 Å². The zero-order valence-electron chi connectivity index (χ0n) is 14.3. The van der Waals surface area contributed by atoms with Crippen molar-refractivity contribution in [3.8, 4) is 22.8 Å². The Morgan fingerprint density at radius 2 is 1.93 bits per heavy atom. The van der Waals surface area contributed by atoms with Crippen molar-refractivity contribution in [2.75, 3.05) is 18.5 Å². The van der Waals surface area contributed by atoms with E-state index in [0.29, 0.717) is 40.6 Å². The van der Waals surface area contributed by atoms with E-state index < -0.39 is 5.91 Å². The van der Waals surface area contributed by atoms with Crippen LogP contribution in [0.25, 0.3) is 21.5 Å². The SMILES string of the molecule is O=C(Nc1nc2ccc(Cl)cc2s1)c1cc(-c2ccc3c(c2)OCCO3)on1. The first-order chi connectivity index (χ1) is 13.7. The minimum absolute atomic E-state index is 0.155. The third kappa shape index (κ3) is 3.17. The Balaban J connectivity index is 1.37. The van der Waals surface area contributed by atoms with Crippen LogP contribution < -0.4 is 14.8 Å². The van der Waals surface area contributed by atoms with Gasteiger partial charge in [0.25, 0.3) is 5.91 Å². The molecule has 0 aliphatic carbocycles. The number of nitrogens with zero attached hydrogens (tertiary/aromatic N) is 2. The van der Waals surface area contributed by atoms with E-state index in [0.717, 1.165) is 15.8 Å². The minimum atomic E-state index is -0.405. The van der Waals surface area contributed by atoms with Gasteiger partial charge in [-0.15, -0.1) is 0 Å². The van der Waals surface area contributed by atoms with Crippen molar-refractivity contribution in [1.29, 1.82) is 0 Å². The first-order valence-electron chi connectivity index (χ1n) is 8.40. The molecule has 140 valence electrons. The van der Waals surface area contributed by atoms with E-state index in [-0.39, 0.29) is 5.69 Å². The summed E-state index contributed by atoms with van der Waals surface area (Å²) >= 11 is 7.32. The molecule has 2 aromatic heterocycles. The standard InChI is InChI=1S/C19H12ClN3O4S/c20-11-2-3-12-17(8-11)28-19(21-12)22-18(24)13-9-15(27-23-13)10-1-4-14-16(7-10)26-6-5-25-14/h1-4,7-9H,5-6H2,(H,21,22,24). The van der Waals surface area contributed by atoms with Gasteiger partial charge in [0.05, 0.1) is 10.2 Å². The number of ether oxygens (including phenoxy) is 2. The number of thiazole rings is 1. The molecular weight excluding hydrogens is 402 g/mol. The van der Waals surface area contributed by atoms with Gasteiger partial charge in [-0.25, -0.2) is 4.98 Å². The summed E-state index contributed by atoms with van der Waals surface area (Å²) < 4.78 is 17.3. The highest BCUT2D eigenvalue weighted by atomic mass is 35.5. The number of hydrogen-bond acceptors (Lipinski definition) is 7. The predicted octanol–water partition coefficient (Wildman–Crippen LogP) is 4.63. The number of aromatic nitrogens is 2. The summed E-state index contributed by atoms with van der Waals surface area (Å²) in [5.74, 6) is 1.37. The smallest absolute Gasteiger partial charge is 0.279 e. The van der Waals surface area contributed by atoms with Crippen molar-refractivity contribution < 1.29 is 18.8 Å². The summed E-state index contributed by atoms with van der Waals surface area (Å²) in [4.78, 5) is 16.9. The molecule has 0 unspecified atom stereocenters. The third-order valence-electron chi connectivity index (χ3n) is 4.14. The van der Waals surface area contributed by atoms with Crippen molar-refractivity contribution in [3.63, 3.8) is 0 Å².